The number of ether oxygens (including phenoxy) is 1. The molecular formula is C16H29N5O2. The summed E-state index contributed by atoms with van der Waals surface area (Å²) in [5, 5.41) is 7.08. The second-order valence-corrected chi connectivity index (χ2v) is 6.35. The molecule has 2 heterocycles. The van der Waals surface area contributed by atoms with Gasteiger partial charge in [0.25, 0.3) is 0 Å². The lowest BCUT2D eigenvalue weighted by Crippen LogP contribution is -2.49. The molecule has 0 atom stereocenters. The summed E-state index contributed by atoms with van der Waals surface area (Å²) >= 11 is 0. The highest BCUT2D eigenvalue weighted by atomic mass is 16.5. The second kappa shape index (κ2) is 8.42. The number of nitrogens with one attached hydrogen (secondary N) is 1. The van der Waals surface area contributed by atoms with Gasteiger partial charge < -0.3 is 10.1 Å². The summed E-state index contributed by atoms with van der Waals surface area (Å²) in [6, 6.07) is 0. The van der Waals surface area contributed by atoms with Crippen LogP contribution in [0, 0.1) is 6.92 Å². The molecule has 23 heavy (non-hydrogen) atoms. The van der Waals surface area contributed by atoms with Crippen LogP contribution >= 0.6 is 0 Å². The Balaban J connectivity index is 1.67. The van der Waals surface area contributed by atoms with Crippen LogP contribution in [0.3, 0.4) is 0 Å². The van der Waals surface area contributed by atoms with Gasteiger partial charge in [0.1, 0.15) is 0 Å². The molecule has 1 fully saturated rings. The van der Waals surface area contributed by atoms with E-state index in [1.54, 1.807) is 10.9 Å². The van der Waals surface area contributed by atoms with Gasteiger partial charge in [0.2, 0.25) is 5.91 Å². The number of carbonyl (C=O) groups is 1. The first-order valence-corrected chi connectivity index (χ1v) is 8.30. The van der Waals surface area contributed by atoms with Crippen molar-refractivity contribution in [2.75, 3.05) is 51.2 Å². The summed E-state index contributed by atoms with van der Waals surface area (Å²) < 4.78 is 7.35. The predicted octanol–water partition coefficient (Wildman–Crippen LogP) is 0.710. The normalized spacial score (nSPS) is 16.9. The Morgan fingerprint density at radius 1 is 1.30 bits per heavy atom. The first-order chi connectivity index (χ1) is 11.0. The van der Waals surface area contributed by atoms with Gasteiger partial charge in [-0.15, -0.1) is 0 Å². The van der Waals surface area contributed by atoms with Crippen molar-refractivity contribution < 1.29 is 9.53 Å². The number of hydrogen-bond donors (Lipinski definition) is 1. The molecule has 0 aromatic carbocycles. The van der Waals surface area contributed by atoms with Gasteiger partial charge in [0.05, 0.1) is 36.8 Å². The van der Waals surface area contributed by atoms with Gasteiger partial charge in [0.15, 0.2) is 0 Å². The third-order valence-corrected chi connectivity index (χ3v) is 4.20. The molecule has 1 saturated heterocycles. The lowest BCUT2D eigenvalue weighted by molar-refractivity contribution is -0.117. The molecule has 0 unspecified atom stereocenters. The van der Waals surface area contributed by atoms with Crippen molar-refractivity contribution in [3.63, 3.8) is 0 Å². The van der Waals surface area contributed by atoms with Crippen LogP contribution in [0.5, 0.6) is 0 Å². The molecular weight excluding hydrogens is 294 g/mol. The fourth-order valence-corrected chi connectivity index (χ4v) is 2.60. The zero-order valence-electron chi connectivity index (χ0n) is 14.7. The molecule has 0 saturated carbocycles. The average Bonchev–Trinajstić information content (AvgIpc) is 2.81. The number of aryl methyl sites for hydroxylation is 1. The number of piperazine rings is 1. The Kier molecular flexibility index (Phi) is 6.56. The van der Waals surface area contributed by atoms with E-state index >= 15 is 0 Å². The summed E-state index contributed by atoms with van der Waals surface area (Å²) in [6.07, 6.45) is 1.98. The number of carbonyl (C=O) groups excluding carboxylic acids is 1. The Labute approximate surface area is 138 Å². The zero-order chi connectivity index (χ0) is 16.8. The van der Waals surface area contributed by atoms with Crippen LogP contribution < -0.4 is 5.32 Å². The third-order valence-electron chi connectivity index (χ3n) is 4.20. The quantitative estimate of drug-likeness (QED) is 0.801. The summed E-state index contributed by atoms with van der Waals surface area (Å²) in [5.74, 6) is 0.0256. The molecule has 1 amide bonds. The van der Waals surface area contributed by atoms with Crippen LogP contribution in [0.4, 0.5) is 5.69 Å². The van der Waals surface area contributed by atoms with Gasteiger partial charge in [-0.2, -0.15) is 5.10 Å². The van der Waals surface area contributed by atoms with Crippen LogP contribution in [0.2, 0.25) is 0 Å². The van der Waals surface area contributed by atoms with Gasteiger partial charge >= 0.3 is 0 Å². The van der Waals surface area contributed by atoms with E-state index in [0.29, 0.717) is 6.54 Å². The van der Waals surface area contributed by atoms with E-state index in [9.17, 15) is 4.79 Å². The average molecular weight is 323 g/mol. The first kappa shape index (κ1) is 17.9. The SMILES string of the molecule is Cc1c(NC(=O)CN2CCN(CCOC(C)C)CC2)cnn1C. The van der Waals surface area contributed by atoms with Crippen LogP contribution in [0.1, 0.15) is 19.5 Å². The van der Waals surface area contributed by atoms with Gasteiger partial charge in [-0.05, 0) is 20.8 Å². The van der Waals surface area contributed by atoms with Crippen molar-refractivity contribution >= 4 is 11.6 Å². The molecule has 7 heteroatoms. The van der Waals surface area contributed by atoms with E-state index in [1.165, 1.54) is 0 Å². The lowest BCUT2D eigenvalue weighted by atomic mass is 10.3. The van der Waals surface area contributed by atoms with Crippen molar-refractivity contribution in [3.8, 4) is 0 Å². The van der Waals surface area contributed by atoms with Crippen LogP contribution in [0.15, 0.2) is 6.20 Å². The molecule has 1 aromatic heterocycles. The number of nitrogens with zero attached hydrogens (tertiary/aromatic N) is 4. The number of anilines is 1. The topological polar surface area (TPSA) is 62.6 Å². The van der Waals surface area contributed by atoms with E-state index in [2.05, 4.69) is 34.1 Å². The lowest BCUT2D eigenvalue weighted by Gasteiger charge is -2.34. The highest BCUT2D eigenvalue weighted by molar-refractivity contribution is 5.92. The Hall–Kier alpha value is -1.44. The maximum absolute atomic E-state index is 12.1. The van der Waals surface area contributed by atoms with E-state index in [-0.39, 0.29) is 12.0 Å². The molecule has 2 rings (SSSR count). The second-order valence-electron chi connectivity index (χ2n) is 6.35. The number of aromatic nitrogens is 2. The van der Waals surface area contributed by atoms with E-state index in [0.717, 1.165) is 50.7 Å². The molecule has 1 aromatic rings. The van der Waals surface area contributed by atoms with Gasteiger partial charge in [-0.3, -0.25) is 19.3 Å². The smallest absolute Gasteiger partial charge is 0.238 e. The fourth-order valence-electron chi connectivity index (χ4n) is 2.60. The summed E-state index contributed by atoms with van der Waals surface area (Å²) in [6.45, 7) is 12.0. The Morgan fingerprint density at radius 2 is 1.96 bits per heavy atom. The van der Waals surface area contributed by atoms with Crippen LogP contribution in [-0.4, -0.2) is 77.5 Å². The third kappa shape index (κ3) is 5.60. The predicted molar refractivity (Wildman–Crippen MR) is 90.5 cm³/mol. The van der Waals surface area contributed by atoms with E-state index in [4.69, 9.17) is 4.74 Å². The summed E-state index contributed by atoms with van der Waals surface area (Å²) in [4.78, 5) is 16.7. The van der Waals surface area contributed by atoms with E-state index < -0.39 is 0 Å². The zero-order valence-corrected chi connectivity index (χ0v) is 14.7. The van der Waals surface area contributed by atoms with E-state index in [1.807, 2.05) is 14.0 Å². The largest absolute Gasteiger partial charge is 0.377 e. The minimum atomic E-state index is 0.0256. The molecule has 130 valence electrons. The van der Waals surface area contributed by atoms with Crippen molar-refractivity contribution in [1.82, 2.24) is 19.6 Å². The molecule has 1 aliphatic heterocycles. The first-order valence-electron chi connectivity index (χ1n) is 8.30. The van der Waals surface area contributed by atoms with Gasteiger partial charge in [-0.25, -0.2) is 0 Å². The van der Waals surface area contributed by atoms with Gasteiger partial charge in [0, 0.05) is 39.8 Å². The number of amides is 1. The van der Waals surface area contributed by atoms with Crippen molar-refractivity contribution in [3.05, 3.63) is 11.9 Å². The summed E-state index contributed by atoms with van der Waals surface area (Å²) in [5.41, 5.74) is 1.76. The molecule has 0 bridgehead atoms. The minimum absolute atomic E-state index is 0.0256. The van der Waals surface area contributed by atoms with Crippen molar-refractivity contribution in [1.29, 1.82) is 0 Å². The molecule has 7 nitrogen and oxygen atoms in total. The highest BCUT2D eigenvalue weighted by Gasteiger charge is 2.19. The monoisotopic (exact) mass is 323 g/mol. The molecule has 1 aliphatic rings. The maximum Gasteiger partial charge on any atom is 0.238 e. The summed E-state index contributed by atoms with van der Waals surface area (Å²) in [7, 11) is 1.87. The Bertz CT molecular complexity index is 507. The highest BCUT2D eigenvalue weighted by Crippen LogP contribution is 2.12. The van der Waals surface area contributed by atoms with Gasteiger partial charge in [-0.1, -0.05) is 0 Å². The van der Waals surface area contributed by atoms with Crippen LogP contribution in [-0.2, 0) is 16.6 Å². The fraction of sp³-hybridized carbons (Fsp3) is 0.750. The Morgan fingerprint density at radius 3 is 2.52 bits per heavy atom. The number of hydrogen-bond acceptors (Lipinski definition) is 5. The standard InChI is InChI=1S/C16H29N5O2/c1-13(2)23-10-9-20-5-7-21(8-6-20)12-16(22)18-15-11-17-19(4)14(15)3/h11,13H,5-10,12H2,1-4H3,(H,18,22). The van der Waals surface area contributed by atoms with Crippen molar-refractivity contribution in [2.24, 2.45) is 7.05 Å². The van der Waals surface area contributed by atoms with Crippen LogP contribution in [0.25, 0.3) is 0 Å². The minimum Gasteiger partial charge on any atom is -0.377 e. The molecule has 0 spiro atoms. The number of rotatable bonds is 7. The molecule has 0 aliphatic carbocycles. The molecule has 0 radical (unpaired) electrons. The van der Waals surface area contributed by atoms with Crippen molar-refractivity contribution in [2.45, 2.75) is 26.9 Å². The maximum atomic E-state index is 12.1. The molecule has 1 N–H and O–H groups in total.